The fourth-order valence-electron chi connectivity index (χ4n) is 7.74. The number of piperidine rings is 1. The van der Waals surface area contributed by atoms with Gasteiger partial charge in [0.2, 0.25) is 0 Å². The van der Waals surface area contributed by atoms with Crippen molar-refractivity contribution in [1.29, 1.82) is 0 Å². The van der Waals surface area contributed by atoms with Gasteiger partial charge in [-0.1, -0.05) is 49.7 Å². The molecule has 1 spiro atoms. The summed E-state index contributed by atoms with van der Waals surface area (Å²) in [5.41, 5.74) is 3.73. The minimum absolute atomic E-state index is 0.0261. The Morgan fingerprint density at radius 2 is 2.03 bits per heavy atom. The van der Waals surface area contributed by atoms with E-state index in [9.17, 15) is 5.11 Å². The van der Waals surface area contributed by atoms with Gasteiger partial charge in [0.05, 0.1) is 19.3 Å². The predicted octanol–water partition coefficient (Wildman–Crippen LogP) is 4.20. The highest BCUT2D eigenvalue weighted by atomic mass is 16.5. The molecule has 2 N–H and O–H groups in total. The first-order valence-electron chi connectivity index (χ1n) is 12.6. The largest absolute Gasteiger partial charge is 0.504 e. The molecule has 7 unspecified atom stereocenters. The van der Waals surface area contributed by atoms with E-state index in [4.69, 9.17) is 14.2 Å². The summed E-state index contributed by atoms with van der Waals surface area (Å²) in [5, 5.41) is 14.6. The number of methoxy groups -OCH3 is 1. The Labute approximate surface area is 196 Å². The van der Waals surface area contributed by atoms with Crippen LogP contribution >= 0.6 is 0 Å². The van der Waals surface area contributed by atoms with Crippen molar-refractivity contribution in [2.75, 3.05) is 20.3 Å². The van der Waals surface area contributed by atoms with Crippen LogP contribution in [0.2, 0.25) is 0 Å². The molecule has 5 nitrogen and oxygen atoms in total. The molecule has 2 aromatic rings. The average Bonchev–Trinajstić information content (AvgIpc) is 3.10. The minimum atomic E-state index is -0.0974. The Morgan fingerprint density at radius 1 is 1.18 bits per heavy atom. The SMILES string of the molecule is CCC1C(COCc2ccccc2)CC2C3Cc4ccc(O)c5c4C2(CCN3)C(O5)C1OC. The first-order chi connectivity index (χ1) is 16.2. The Balaban J connectivity index is 1.37. The molecule has 33 heavy (non-hydrogen) atoms. The molecule has 5 heteroatoms. The maximum atomic E-state index is 10.7. The highest BCUT2D eigenvalue weighted by Gasteiger charge is 2.65. The van der Waals surface area contributed by atoms with Gasteiger partial charge in [-0.15, -0.1) is 0 Å². The lowest BCUT2D eigenvalue weighted by atomic mass is 9.55. The molecule has 6 rings (SSSR count). The number of nitrogens with one attached hydrogen (secondary N) is 1. The number of aromatic hydroxyl groups is 1. The number of hydrogen-bond acceptors (Lipinski definition) is 5. The predicted molar refractivity (Wildman–Crippen MR) is 127 cm³/mol. The molecule has 0 aromatic heterocycles. The normalized spacial score (nSPS) is 36.1. The van der Waals surface area contributed by atoms with E-state index in [1.54, 1.807) is 0 Å². The number of rotatable bonds is 6. The molecule has 4 aliphatic rings. The quantitative estimate of drug-likeness (QED) is 0.692. The highest BCUT2D eigenvalue weighted by Crippen LogP contribution is 2.63. The molecule has 1 saturated heterocycles. The molecular weight excluding hydrogens is 414 g/mol. The lowest BCUT2D eigenvalue weighted by Crippen LogP contribution is -2.63. The number of phenols is 1. The molecule has 2 bridgehead atoms. The van der Waals surface area contributed by atoms with E-state index < -0.39 is 0 Å². The molecular formula is C28H35NO4. The lowest BCUT2D eigenvalue weighted by Gasteiger charge is -2.52. The first-order valence-corrected chi connectivity index (χ1v) is 12.6. The van der Waals surface area contributed by atoms with Gasteiger partial charge in [0.1, 0.15) is 6.10 Å². The second-order valence-electron chi connectivity index (χ2n) is 10.4. The van der Waals surface area contributed by atoms with Gasteiger partial charge < -0.3 is 24.6 Å². The summed E-state index contributed by atoms with van der Waals surface area (Å²) in [6.45, 7) is 4.63. The molecule has 1 saturated carbocycles. The van der Waals surface area contributed by atoms with Crippen LogP contribution in [0.5, 0.6) is 11.5 Å². The van der Waals surface area contributed by atoms with Crippen molar-refractivity contribution in [3.8, 4) is 11.5 Å². The molecule has 0 radical (unpaired) electrons. The summed E-state index contributed by atoms with van der Waals surface area (Å²) < 4.78 is 19.3. The molecule has 7 atom stereocenters. The number of phenolic OH excluding ortho intramolecular Hbond substituents is 1. The molecule has 2 fully saturated rings. The summed E-state index contributed by atoms with van der Waals surface area (Å²) in [5.74, 6) is 2.20. The lowest BCUT2D eigenvalue weighted by molar-refractivity contribution is -0.0749. The fraction of sp³-hybridized carbons (Fsp3) is 0.571. The van der Waals surface area contributed by atoms with Crippen LogP contribution in [0.25, 0.3) is 0 Å². The van der Waals surface area contributed by atoms with Crippen LogP contribution in [-0.4, -0.2) is 43.6 Å². The monoisotopic (exact) mass is 449 g/mol. The molecule has 0 amide bonds. The van der Waals surface area contributed by atoms with Crippen LogP contribution < -0.4 is 10.1 Å². The second kappa shape index (κ2) is 8.30. The fourth-order valence-corrected chi connectivity index (χ4v) is 7.74. The van der Waals surface area contributed by atoms with E-state index in [1.165, 1.54) is 16.7 Å². The summed E-state index contributed by atoms with van der Waals surface area (Å²) in [6.07, 6.45) is 4.05. The van der Waals surface area contributed by atoms with Crippen LogP contribution in [0.1, 0.15) is 42.9 Å². The van der Waals surface area contributed by atoms with Crippen molar-refractivity contribution in [2.24, 2.45) is 17.8 Å². The molecule has 2 aliphatic heterocycles. The molecule has 2 aromatic carbocycles. The highest BCUT2D eigenvalue weighted by molar-refractivity contribution is 5.60. The van der Waals surface area contributed by atoms with Crippen molar-refractivity contribution in [1.82, 2.24) is 5.32 Å². The van der Waals surface area contributed by atoms with Gasteiger partial charge in [-0.3, -0.25) is 0 Å². The molecule has 2 heterocycles. The van der Waals surface area contributed by atoms with Crippen LogP contribution in [0.15, 0.2) is 42.5 Å². The zero-order valence-electron chi connectivity index (χ0n) is 19.6. The number of ether oxygens (including phenoxy) is 3. The van der Waals surface area contributed by atoms with E-state index in [0.717, 1.165) is 44.6 Å². The van der Waals surface area contributed by atoms with Crippen LogP contribution in [0.4, 0.5) is 0 Å². The van der Waals surface area contributed by atoms with Crippen molar-refractivity contribution in [3.05, 3.63) is 59.2 Å². The molecule has 176 valence electrons. The maximum absolute atomic E-state index is 10.7. The van der Waals surface area contributed by atoms with Gasteiger partial charge in [-0.2, -0.15) is 0 Å². The Kier molecular flexibility index (Phi) is 5.39. The van der Waals surface area contributed by atoms with Crippen LogP contribution in [0, 0.1) is 17.8 Å². The van der Waals surface area contributed by atoms with Gasteiger partial charge in [0, 0.05) is 24.1 Å². The van der Waals surface area contributed by atoms with Crippen molar-refractivity contribution in [3.63, 3.8) is 0 Å². The van der Waals surface area contributed by atoms with Gasteiger partial charge in [-0.25, -0.2) is 0 Å². The van der Waals surface area contributed by atoms with E-state index in [-0.39, 0.29) is 23.4 Å². The zero-order chi connectivity index (χ0) is 22.6. The third-order valence-corrected chi connectivity index (χ3v) is 9.04. The summed E-state index contributed by atoms with van der Waals surface area (Å²) in [4.78, 5) is 0. The Hall–Kier alpha value is -2.08. The van der Waals surface area contributed by atoms with Crippen molar-refractivity contribution >= 4 is 0 Å². The van der Waals surface area contributed by atoms with Crippen LogP contribution in [-0.2, 0) is 27.9 Å². The van der Waals surface area contributed by atoms with Crippen molar-refractivity contribution in [2.45, 2.75) is 62.9 Å². The van der Waals surface area contributed by atoms with Crippen LogP contribution in [0.3, 0.4) is 0 Å². The number of benzene rings is 2. The van der Waals surface area contributed by atoms with Gasteiger partial charge in [-0.05, 0) is 60.8 Å². The summed E-state index contributed by atoms with van der Waals surface area (Å²) in [6, 6.07) is 14.8. The third-order valence-electron chi connectivity index (χ3n) is 9.04. The molecule has 2 aliphatic carbocycles. The maximum Gasteiger partial charge on any atom is 0.165 e. The topological polar surface area (TPSA) is 60.0 Å². The smallest absolute Gasteiger partial charge is 0.165 e. The third kappa shape index (κ3) is 3.16. The first kappa shape index (κ1) is 21.5. The second-order valence-corrected chi connectivity index (χ2v) is 10.4. The Morgan fingerprint density at radius 3 is 2.82 bits per heavy atom. The standard InChI is InChI=1S/C28H35NO4/c1-3-20-19(16-32-15-17-7-5-4-6-8-17)13-21-22-14-18-9-10-23(30)26-24(18)28(21,11-12-29-22)27(33-26)25(20)31-2/h4-10,19-22,25,27,29-30H,3,11-16H2,1-2H3. The summed E-state index contributed by atoms with van der Waals surface area (Å²) in [7, 11) is 1.83. The van der Waals surface area contributed by atoms with Gasteiger partial charge in [0.15, 0.2) is 11.5 Å². The number of hydrogen-bond donors (Lipinski definition) is 2. The van der Waals surface area contributed by atoms with Gasteiger partial charge in [0.25, 0.3) is 0 Å². The average molecular weight is 450 g/mol. The van der Waals surface area contributed by atoms with Gasteiger partial charge >= 0.3 is 0 Å². The van der Waals surface area contributed by atoms with E-state index >= 15 is 0 Å². The van der Waals surface area contributed by atoms with E-state index in [2.05, 4.69) is 42.6 Å². The van der Waals surface area contributed by atoms with Crippen molar-refractivity contribution < 1.29 is 19.3 Å². The zero-order valence-corrected chi connectivity index (χ0v) is 19.6. The Bertz CT molecular complexity index is 1010. The summed E-state index contributed by atoms with van der Waals surface area (Å²) >= 11 is 0. The van der Waals surface area contributed by atoms with E-state index in [0.29, 0.717) is 30.4 Å². The minimum Gasteiger partial charge on any atom is -0.504 e. The van der Waals surface area contributed by atoms with E-state index in [1.807, 2.05) is 19.2 Å².